The summed E-state index contributed by atoms with van der Waals surface area (Å²) in [6, 6.07) is 8.42. The number of nitrogen functional groups attached to an aromatic ring is 1. The fourth-order valence-electron chi connectivity index (χ4n) is 2.71. The highest BCUT2D eigenvalue weighted by atomic mass is 16.3. The van der Waals surface area contributed by atoms with Crippen molar-refractivity contribution in [1.82, 2.24) is 15.6 Å². The van der Waals surface area contributed by atoms with Gasteiger partial charge in [-0.15, -0.1) is 0 Å². The molecule has 8 heteroatoms. The average Bonchev–Trinajstić information content (AvgIpc) is 2.72. The molecule has 0 saturated carbocycles. The molecule has 0 fully saturated rings. The van der Waals surface area contributed by atoms with E-state index in [9.17, 15) is 14.7 Å². The van der Waals surface area contributed by atoms with Crippen molar-refractivity contribution in [1.29, 1.82) is 0 Å². The van der Waals surface area contributed by atoms with E-state index in [-0.39, 0.29) is 36.4 Å². The van der Waals surface area contributed by atoms with Crippen molar-refractivity contribution in [3.63, 3.8) is 0 Å². The molecule has 29 heavy (non-hydrogen) atoms. The van der Waals surface area contributed by atoms with Crippen LogP contribution in [0.1, 0.15) is 31.4 Å². The third-order valence-electron chi connectivity index (χ3n) is 4.88. The zero-order chi connectivity index (χ0) is 21.4. The zero-order valence-corrected chi connectivity index (χ0v) is 16.8. The molecule has 7 N–H and O–H groups in total. The highest BCUT2D eigenvalue weighted by Gasteiger charge is 2.26. The van der Waals surface area contributed by atoms with Crippen LogP contribution in [0.5, 0.6) is 5.75 Å². The van der Waals surface area contributed by atoms with Crippen molar-refractivity contribution in [2.75, 3.05) is 5.73 Å². The topological polar surface area (TPSA) is 143 Å². The molecule has 2 aromatic rings. The summed E-state index contributed by atoms with van der Waals surface area (Å²) in [4.78, 5) is 29.3. The standard InChI is InChI=1S/C21H29N5O3/c1-3-13(2)19(23)21(29)26-17(10-14-4-7-16(27)8-5-14)20(28)25-12-15-6-9-18(22)24-11-15/h4-9,11,13,17,19,27H,3,10,12,23H2,1-2H3,(H2,22,24)(H,25,28)(H,26,29)/t13?,17-,19+/m1/s1. The van der Waals surface area contributed by atoms with Gasteiger partial charge in [-0.3, -0.25) is 9.59 Å². The first kappa shape index (κ1) is 22.2. The van der Waals surface area contributed by atoms with Crippen LogP contribution in [0, 0.1) is 5.92 Å². The summed E-state index contributed by atoms with van der Waals surface area (Å²) in [5.41, 5.74) is 13.2. The molecular formula is C21H29N5O3. The van der Waals surface area contributed by atoms with E-state index in [4.69, 9.17) is 11.5 Å². The number of benzene rings is 1. The highest BCUT2D eigenvalue weighted by molar-refractivity contribution is 5.90. The number of nitrogens with one attached hydrogen (secondary N) is 2. The highest BCUT2D eigenvalue weighted by Crippen LogP contribution is 2.12. The summed E-state index contributed by atoms with van der Waals surface area (Å²) < 4.78 is 0. The number of nitrogens with zero attached hydrogens (tertiary/aromatic N) is 1. The fourth-order valence-corrected chi connectivity index (χ4v) is 2.71. The van der Waals surface area contributed by atoms with E-state index in [1.807, 2.05) is 13.8 Å². The molecule has 0 aliphatic heterocycles. The number of pyridine rings is 1. The van der Waals surface area contributed by atoms with Gasteiger partial charge in [0.15, 0.2) is 0 Å². The van der Waals surface area contributed by atoms with E-state index < -0.39 is 12.1 Å². The number of phenols is 1. The summed E-state index contributed by atoms with van der Waals surface area (Å²) in [7, 11) is 0. The number of nitrogens with two attached hydrogens (primary N) is 2. The summed E-state index contributed by atoms with van der Waals surface area (Å²) >= 11 is 0. The van der Waals surface area contributed by atoms with Gasteiger partial charge in [-0.1, -0.05) is 38.5 Å². The predicted molar refractivity (Wildman–Crippen MR) is 112 cm³/mol. The number of hydrogen-bond acceptors (Lipinski definition) is 6. The zero-order valence-electron chi connectivity index (χ0n) is 16.8. The Morgan fingerprint density at radius 1 is 1.10 bits per heavy atom. The SMILES string of the molecule is CCC(C)[C@H](N)C(=O)N[C@H](Cc1ccc(O)cc1)C(=O)NCc1ccc(N)nc1. The third-order valence-corrected chi connectivity index (χ3v) is 4.88. The smallest absolute Gasteiger partial charge is 0.243 e. The minimum Gasteiger partial charge on any atom is -0.508 e. The second-order valence-corrected chi connectivity index (χ2v) is 7.15. The first-order valence-electron chi connectivity index (χ1n) is 9.62. The number of carbonyl (C=O) groups excluding carboxylic acids is 2. The van der Waals surface area contributed by atoms with Crippen molar-refractivity contribution < 1.29 is 14.7 Å². The molecular weight excluding hydrogens is 370 g/mol. The molecule has 3 atom stereocenters. The summed E-state index contributed by atoms with van der Waals surface area (Å²) in [6.45, 7) is 4.11. The van der Waals surface area contributed by atoms with Crippen LogP contribution in [-0.4, -0.2) is 34.0 Å². The average molecular weight is 399 g/mol. The molecule has 0 saturated heterocycles. The third kappa shape index (κ3) is 6.76. The van der Waals surface area contributed by atoms with Gasteiger partial charge in [0.1, 0.15) is 17.6 Å². The molecule has 2 amide bonds. The molecule has 0 aliphatic rings. The van der Waals surface area contributed by atoms with Gasteiger partial charge in [0.2, 0.25) is 11.8 Å². The van der Waals surface area contributed by atoms with Crippen LogP contribution in [0.2, 0.25) is 0 Å². The molecule has 1 aromatic carbocycles. The van der Waals surface area contributed by atoms with Crippen LogP contribution in [0.15, 0.2) is 42.6 Å². The monoisotopic (exact) mass is 399 g/mol. The molecule has 1 unspecified atom stereocenters. The number of amides is 2. The Morgan fingerprint density at radius 3 is 2.34 bits per heavy atom. The number of anilines is 1. The summed E-state index contributed by atoms with van der Waals surface area (Å²) in [6.07, 6.45) is 2.61. The van der Waals surface area contributed by atoms with Gasteiger partial charge >= 0.3 is 0 Å². The maximum atomic E-state index is 12.8. The van der Waals surface area contributed by atoms with Crippen LogP contribution < -0.4 is 22.1 Å². The Labute approximate surface area is 170 Å². The quantitative estimate of drug-likeness (QED) is 0.427. The Hall–Kier alpha value is -3.13. The van der Waals surface area contributed by atoms with Crippen LogP contribution in [-0.2, 0) is 22.6 Å². The van der Waals surface area contributed by atoms with E-state index in [0.717, 1.165) is 17.5 Å². The van der Waals surface area contributed by atoms with Crippen LogP contribution in [0.3, 0.4) is 0 Å². The first-order valence-corrected chi connectivity index (χ1v) is 9.62. The maximum absolute atomic E-state index is 12.8. The minimum absolute atomic E-state index is 0.00626. The van der Waals surface area contributed by atoms with E-state index in [0.29, 0.717) is 5.82 Å². The molecule has 0 bridgehead atoms. The van der Waals surface area contributed by atoms with Gasteiger partial charge in [0.25, 0.3) is 0 Å². The van der Waals surface area contributed by atoms with Crippen molar-refractivity contribution in [3.8, 4) is 5.75 Å². The van der Waals surface area contributed by atoms with Crippen LogP contribution in [0.4, 0.5) is 5.82 Å². The molecule has 1 heterocycles. The first-order chi connectivity index (χ1) is 13.8. The fraction of sp³-hybridized carbons (Fsp3) is 0.381. The predicted octanol–water partition coefficient (Wildman–Crippen LogP) is 1.09. The normalized spacial score (nSPS) is 13.9. The van der Waals surface area contributed by atoms with Gasteiger partial charge in [0.05, 0.1) is 6.04 Å². The minimum atomic E-state index is -0.802. The van der Waals surface area contributed by atoms with Gasteiger partial charge in [-0.25, -0.2) is 4.98 Å². The van der Waals surface area contributed by atoms with E-state index >= 15 is 0 Å². The van der Waals surface area contributed by atoms with Crippen LogP contribution in [0.25, 0.3) is 0 Å². The molecule has 0 aliphatic carbocycles. The Morgan fingerprint density at radius 2 is 1.76 bits per heavy atom. The lowest BCUT2D eigenvalue weighted by atomic mass is 9.98. The van der Waals surface area contributed by atoms with Gasteiger partial charge in [0, 0.05) is 19.2 Å². The van der Waals surface area contributed by atoms with E-state index in [1.54, 1.807) is 30.5 Å². The number of aromatic nitrogens is 1. The molecule has 8 nitrogen and oxygen atoms in total. The van der Waals surface area contributed by atoms with Crippen molar-refractivity contribution in [3.05, 3.63) is 53.7 Å². The van der Waals surface area contributed by atoms with Crippen molar-refractivity contribution in [2.24, 2.45) is 11.7 Å². The summed E-state index contributed by atoms with van der Waals surface area (Å²) in [5, 5.41) is 15.0. The number of hydrogen-bond donors (Lipinski definition) is 5. The summed E-state index contributed by atoms with van der Waals surface area (Å²) in [5.74, 6) is -0.176. The number of phenolic OH excluding ortho intramolecular Hbond substituents is 1. The number of carbonyl (C=O) groups is 2. The molecule has 0 radical (unpaired) electrons. The molecule has 1 aromatic heterocycles. The number of aromatic hydroxyl groups is 1. The van der Waals surface area contributed by atoms with Crippen molar-refractivity contribution in [2.45, 2.75) is 45.3 Å². The lowest BCUT2D eigenvalue weighted by molar-refractivity contribution is -0.130. The Kier molecular flexibility index (Phi) is 7.97. The maximum Gasteiger partial charge on any atom is 0.243 e. The molecule has 156 valence electrons. The Bertz CT molecular complexity index is 808. The van der Waals surface area contributed by atoms with Crippen LogP contribution >= 0.6 is 0 Å². The van der Waals surface area contributed by atoms with Gasteiger partial charge in [-0.05, 0) is 35.2 Å². The lowest BCUT2D eigenvalue weighted by Gasteiger charge is -2.23. The van der Waals surface area contributed by atoms with E-state index in [1.165, 1.54) is 12.1 Å². The van der Waals surface area contributed by atoms with E-state index in [2.05, 4.69) is 15.6 Å². The van der Waals surface area contributed by atoms with Gasteiger partial charge < -0.3 is 27.2 Å². The van der Waals surface area contributed by atoms with Gasteiger partial charge in [-0.2, -0.15) is 0 Å². The second kappa shape index (κ2) is 10.4. The van der Waals surface area contributed by atoms with Crippen molar-refractivity contribution >= 4 is 17.6 Å². The largest absolute Gasteiger partial charge is 0.508 e. The second-order valence-electron chi connectivity index (χ2n) is 7.15. The molecule has 0 spiro atoms. The lowest BCUT2D eigenvalue weighted by Crippen LogP contribution is -2.53. The number of rotatable bonds is 9. The molecule has 2 rings (SSSR count). The Balaban J connectivity index is 2.09.